The number of benzene rings is 1. The number of hydrogen-bond acceptors (Lipinski definition) is 4. The second-order valence-electron chi connectivity index (χ2n) is 3.55. The smallest absolute Gasteiger partial charge is 0.350 e. The highest BCUT2D eigenvalue weighted by molar-refractivity contribution is 5.99. The van der Waals surface area contributed by atoms with Crippen LogP contribution >= 0.6 is 0 Å². The molecular formula is C10H11N7O2. The van der Waals surface area contributed by atoms with E-state index in [9.17, 15) is 9.59 Å². The molecule has 1 aromatic heterocycles. The molecule has 0 unspecified atom stereocenters. The lowest BCUT2D eigenvalue weighted by Crippen LogP contribution is -2.34. The number of H-pyrrole nitrogens is 1. The van der Waals surface area contributed by atoms with Gasteiger partial charge in [-0.05, 0) is 6.07 Å². The van der Waals surface area contributed by atoms with E-state index in [1.54, 1.807) is 18.2 Å². The number of azo groups is 1. The molecule has 0 aliphatic heterocycles. The number of nitrogens with one attached hydrogen (secondary N) is 3. The summed E-state index contributed by atoms with van der Waals surface area (Å²) in [5.74, 6) is 0.244. The summed E-state index contributed by atoms with van der Waals surface area (Å²) in [4.78, 5) is 24.2. The Hall–Kier alpha value is -3.10. The lowest BCUT2D eigenvalue weighted by atomic mass is 10.2. The van der Waals surface area contributed by atoms with Crippen LogP contribution in [0.1, 0.15) is 0 Å². The van der Waals surface area contributed by atoms with Crippen LogP contribution < -0.4 is 22.3 Å². The largest absolute Gasteiger partial charge is 0.357 e. The fraction of sp³-hybridized carbons (Fsp3) is 0. The Balaban J connectivity index is 2.45. The molecule has 0 atom stereocenters. The first-order valence-electron chi connectivity index (χ1n) is 5.21. The molecule has 0 spiro atoms. The van der Waals surface area contributed by atoms with Crippen LogP contribution in [-0.2, 0) is 0 Å². The third-order valence-electron chi connectivity index (χ3n) is 2.25. The molecular weight excluding hydrogens is 250 g/mol. The molecule has 0 aliphatic rings. The molecule has 1 aromatic carbocycles. The minimum Gasteiger partial charge on any atom is -0.350 e. The van der Waals surface area contributed by atoms with Gasteiger partial charge in [0.05, 0.1) is 0 Å². The Labute approximate surface area is 107 Å². The predicted molar refractivity (Wildman–Crippen MR) is 68.7 cm³/mol. The highest BCUT2D eigenvalue weighted by Crippen LogP contribution is 2.33. The Bertz CT molecular complexity index is 661. The summed E-state index contributed by atoms with van der Waals surface area (Å²) in [6.07, 6.45) is 0. The van der Waals surface area contributed by atoms with E-state index in [2.05, 4.69) is 26.1 Å². The number of carbonyl (C=O) groups excluding carboxylic acids is 2. The van der Waals surface area contributed by atoms with Crippen molar-refractivity contribution in [1.82, 2.24) is 10.4 Å². The third kappa shape index (κ3) is 2.77. The number of carbonyl (C=O) groups is 2. The molecule has 0 saturated heterocycles. The van der Waals surface area contributed by atoms with Crippen LogP contribution in [0.3, 0.4) is 0 Å². The standard InChI is InChI=1S/C10H11N7O2/c11-9(18)16-14-7-5-3-1-2-4-6(5)13-8(7)15-17-10(12)19/h1-4,13-14H,(H2,12,19)(H3,11,16,18)/b17-15+. The zero-order valence-corrected chi connectivity index (χ0v) is 9.68. The molecule has 9 heteroatoms. The number of urea groups is 2. The molecule has 0 saturated carbocycles. The van der Waals surface area contributed by atoms with Crippen LogP contribution in [0.25, 0.3) is 10.9 Å². The summed E-state index contributed by atoms with van der Waals surface area (Å²) in [7, 11) is 0. The van der Waals surface area contributed by atoms with Crippen molar-refractivity contribution in [2.45, 2.75) is 0 Å². The van der Waals surface area contributed by atoms with Crippen molar-refractivity contribution in [3.05, 3.63) is 24.3 Å². The first kappa shape index (κ1) is 12.4. The number of nitrogens with zero attached hydrogens (tertiary/aromatic N) is 2. The third-order valence-corrected chi connectivity index (χ3v) is 2.25. The number of amides is 4. The maximum Gasteiger partial charge on any atom is 0.357 e. The number of fused-ring (bicyclic) bond motifs is 1. The number of para-hydroxylation sites is 1. The molecule has 2 rings (SSSR count). The molecule has 9 nitrogen and oxygen atoms in total. The predicted octanol–water partition coefficient (Wildman–Crippen LogP) is 1.33. The van der Waals surface area contributed by atoms with Gasteiger partial charge in [-0.3, -0.25) is 10.9 Å². The summed E-state index contributed by atoms with van der Waals surface area (Å²) in [5, 5.41) is 7.63. The van der Waals surface area contributed by atoms with Gasteiger partial charge in [0.1, 0.15) is 5.69 Å². The molecule has 1 heterocycles. The highest BCUT2D eigenvalue weighted by atomic mass is 16.2. The van der Waals surface area contributed by atoms with Crippen LogP contribution in [0.15, 0.2) is 34.5 Å². The highest BCUT2D eigenvalue weighted by Gasteiger charge is 2.11. The van der Waals surface area contributed by atoms with E-state index in [4.69, 9.17) is 11.5 Å². The molecule has 98 valence electrons. The van der Waals surface area contributed by atoms with E-state index in [1.165, 1.54) is 0 Å². The van der Waals surface area contributed by atoms with Crippen LogP contribution in [0, 0.1) is 0 Å². The Morgan fingerprint density at radius 3 is 2.63 bits per heavy atom. The Morgan fingerprint density at radius 2 is 1.95 bits per heavy atom. The zero-order valence-electron chi connectivity index (χ0n) is 9.68. The number of anilines is 1. The summed E-state index contributed by atoms with van der Waals surface area (Å²) in [6.45, 7) is 0. The summed E-state index contributed by atoms with van der Waals surface area (Å²) < 4.78 is 0. The van der Waals surface area contributed by atoms with E-state index in [1.807, 2.05) is 6.07 Å². The molecule has 0 radical (unpaired) electrons. The van der Waals surface area contributed by atoms with Crippen LogP contribution in [-0.4, -0.2) is 17.0 Å². The van der Waals surface area contributed by atoms with Crippen molar-refractivity contribution < 1.29 is 9.59 Å². The van der Waals surface area contributed by atoms with Gasteiger partial charge in [-0.1, -0.05) is 23.3 Å². The Morgan fingerprint density at radius 1 is 1.21 bits per heavy atom. The van der Waals surface area contributed by atoms with Gasteiger partial charge in [-0.25, -0.2) is 9.59 Å². The van der Waals surface area contributed by atoms with Crippen molar-refractivity contribution in [1.29, 1.82) is 0 Å². The van der Waals surface area contributed by atoms with Crippen molar-refractivity contribution in [3.8, 4) is 0 Å². The van der Waals surface area contributed by atoms with Crippen molar-refractivity contribution in [2.75, 3.05) is 5.43 Å². The first-order valence-corrected chi connectivity index (χ1v) is 5.21. The van der Waals surface area contributed by atoms with E-state index < -0.39 is 12.1 Å². The first-order chi connectivity index (χ1) is 9.08. The number of hydrazine groups is 1. The fourth-order valence-electron chi connectivity index (χ4n) is 1.55. The van der Waals surface area contributed by atoms with E-state index >= 15 is 0 Å². The second kappa shape index (κ2) is 5.04. The lowest BCUT2D eigenvalue weighted by molar-refractivity contribution is 0.250. The van der Waals surface area contributed by atoms with E-state index in [0.717, 1.165) is 10.9 Å². The quantitative estimate of drug-likeness (QED) is 0.418. The fourth-order valence-corrected chi connectivity index (χ4v) is 1.55. The van der Waals surface area contributed by atoms with Crippen LogP contribution in [0.2, 0.25) is 0 Å². The van der Waals surface area contributed by atoms with Crippen LogP contribution in [0.4, 0.5) is 21.1 Å². The van der Waals surface area contributed by atoms with Crippen LogP contribution in [0.5, 0.6) is 0 Å². The number of nitrogens with two attached hydrogens (primary N) is 2. The molecule has 4 amide bonds. The number of rotatable bonds is 3. The number of hydrogen-bond donors (Lipinski definition) is 5. The maximum atomic E-state index is 10.7. The van der Waals surface area contributed by atoms with E-state index in [0.29, 0.717) is 5.69 Å². The van der Waals surface area contributed by atoms with Crippen molar-refractivity contribution >= 4 is 34.5 Å². The van der Waals surface area contributed by atoms with E-state index in [-0.39, 0.29) is 5.82 Å². The van der Waals surface area contributed by atoms with Crippen molar-refractivity contribution in [3.63, 3.8) is 0 Å². The SMILES string of the molecule is NC(=O)/N=N/c1[nH]c2ccccc2c1NNC(N)=O. The summed E-state index contributed by atoms with van der Waals surface area (Å²) >= 11 is 0. The minimum atomic E-state index is -0.924. The second-order valence-corrected chi connectivity index (χ2v) is 3.55. The number of aromatic amines is 1. The van der Waals surface area contributed by atoms with Gasteiger partial charge in [0.2, 0.25) is 0 Å². The molecule has 0 aliphatic carbocycles. The average Bonchev–Trinajstić information content (AvgIpc) is 2.71. The molecule has 0 fully saturated rings. The summed E-state index contributed by atoms with van der Waals surface area (Å²) in [6, 6.07) is 5.53. The normalized spacial score (nSPS) is 10.7. The molecule has 7 N–H and O–H groups in total. The van der Waals surface area contributed by atoms with Gasteiger partial charge >= 0.3 is 12.1 Å². The van der Waals surface area contributed by atoms with Gasteiger partial charge in [0, 0.05) is 10.9 Å². The number of primary amides is 2. The lowest BCUT2D eigenvalue weighted by Gasteiger charge is -2.04. The van der Waals surface area contributed by atoms with Gasteiger partial charge in [-0.15, -0.1) is 5.11 Å². The topological polar surface area (TPSA) is 151 Å². The molecule has 0 bridgehead atoms. The van der Waals surface area contributed by atoms with Gasteiger partial charge < -0.3 is 16.5 Å². The summed E-state index contributed by atoms with van der Waals surface area (Å²) in [5.41, 5.74) is 15.8. The average molecular weight is 261 g/mol. The molecule has 19 heavy (non-hydrogen) atoms. The monoisotopic (exact) mass is 261 g/mol. The Kier molecular flexibility index (Phi) is 3.28. The van der Waals surface area contributed by atoms with Crippen molar-refractivity contribution in [2.24, 2.45) is 21.7 Å². The molecule has 2 aromatic rings. The van der Waals surface area contributed by atoms with Gasteiger partial charge in [0.15, 0.2) is 5.82 Å². The maximum absolute atomic E-state index is 10.7. The van der Waals surface area contributed by atoms with Gasteiger partial charge in [-0.2, -0.15) is 0 Å². The number of aromatic nitrogens is 1. The zero-order chi connectivity index (χ0) is 13.8. The van der Waals surface area contributed by atoms with Gasteiger partial charge in [0.25, 0.3) is 0 Å². The minimum absolute atomic E-state index is 0.244.